The molecule has 5 nitrogen and oxygen atoms in total. The summed E-state index contributed by atoms with van der Waals surface area (Å²) in [5, 5.41) is 10.8. The molecule has 1 aromatic carbocycles. The van der Waals surface area contributed by atoms with Gasteiger partial charge < -0.3 is 15.2 Å². The first-order valence-corrected chi connectivity index (χ1v) is 9.43. The van der Waals surface area contributed by atoms with Gasteiger partial charge in [0.15, 0.2) is 5.76 Å². The zero-order valence-corrected chi connectivity index (χ0v) is 15.9. The van der Waals surface area contributed by atoms with Crippen molar-refractivity contribution in [3.8, 4) is 11.3 Å². The normalized spacial score (nSPS) is 20.7. The molecule has 0 saturated carbocycles. The fraction of sp³-hybridized carbons (Fsp3) is 0.524. The van der Waals surface area contributed by atoms with E-state index in [0.29, 0.717) is 18.3 Å². The first-order valence-electron chi connectivity index (χ1n) is 9.43. The number of nitrogens with one attached hydrogen (secondary N) is 2. The second-order valence-corrected chi connectivity index (χ2v) is 8.27. The summed E-state index contributed by atoms with van der Waals surface area (Å²) in [7, 11) is 0. The summed E-state index contributed by atoms with van der Waals surface area (Å²) in [6.07, 6.45) is 2.43. The van der Waals surface area contributed by atoms with Crippen LogP contribution in [0.25, 0.3) is 11.3 Å². The molecule has 5 heteroatoms. The molecule has 0 bridgehead atoms. The summed E-state index contributed by atoms with van der Waals surface area (Å²) in [5.41, 5.74) is 1.81. The molecule has 3 rings (SSSR count). The van der Waals surface area contributed by atoms with E-state index in [1.807, 2.05) is 57.2 Å². The van der Waals surface area contributed by atoms with Crippen molar-refractivity contribution in [3.05, 3.63) is 42.1 Å². The van der Waals surface area contributed by atoms with E-state index in [-0.39, 0.29) is 11.4 Å². The van der Waals surface area contributed by atoms with Gasteiger partial charge in [-0.2, -0.15) is 0 Å². The second-order valence-electron chi connectivity index (χ2n) is 8.27. The molecule has 1 amide bonds. The number of hydrogen-bond donors (Lipinski definition) is 2. The van der Waals surface area contributed by atoms with E-state index in [4.69, 9.17) is 4.52 Å². The Morgan fingerprint density at radius 1 is 1.27 bits per heavy atom. The number of benzene rings is 1. The molecule has 1 aliphatic heterocycles. The van der Waals surface area contributed by atoms with Gasteiger partial charge in [0, 0.05) is 23.6 Å². The van der Waals surface area contributed by atoms with Crippen molar-refractivity contribution in [2.24, 2.45) is 11.8 Å². The van der Waals surface area contributed by atoms with Gasteiger partial charge in [0.2, 0.25) is 5.91 Å². The van der Waals surface area contributed by atoms with Gasteiger partial charge in [0.05, 0.1) is 5.69 Å². The summed E-state index contributed by atoms with van der Waals surface area (Å²) in [6.45, 7) is 7.95. The molecular formula is C21H29N3O2. The molecule has 2 heterocycles. The van der Waals surface area contributed by atoms with Gasteiger partial charge in [-0.3, -0.25) is 4.79 Å². The number of carbonyl (C=O) groups is 1. The molecule has 26 heavy (non-hydrogen) atoms. The van der Waals surface area contributed by atoms with Crippen LogP contribution in [-0.2, 0) is 11.2 Å². The average Bonchev–Trinajstić information content (AvgIpc) is 3.04. The topological polar surface area (TPSA) is 67.2 Å². The van der Waals surface area contributed by atoms with Crippen LogP contribution in [0.15, 0.2) is 40.9 Å². The van der Waals surface area contributed by atoms with Crippen molar-refractivity contribution >= 4 is 5.91 Å². The van der Waals surface area contributed by atoms with Gasteiger partial charge in [-0.05, 0) is 58.5 Å². The zero-order valence-electron chi connectivity index (χ0n) is 15.9. The summed E-state index contributed by atoms with van der Waals surface area (Å²) in [6, 6.07) is 12.0. The lowest BCUT2D eigenvalue weighted by Crippen LogP contribution is -2.44. The fourth-order valence-electron chi connectivity index (χ4n) is 3.61. The van der Waals surface area contributed by atoms with Crippen LogP contribution in [0.3, 0.4) is 0 Å². The van der Waals surface area contributed by atoms with Crippen LogP contribution in [0, 0.1) is 11.8 Å². The maximum absolute atomic E-state index is 12.3. The number of nitrogens with zero attached hydrogens (tertiary/aromatic N) is 1. The van der Waals surface area contributed by atoms with E-state index >= 15 is 0 Å². The Kier molecular flexibility index (Phi) is 5.77. The monoisotopic (exact) mass is 355 g/mol. The molecule has 1 fully saturated rings. The molecule has 1 aliphatic rings. The summed E-state index contributed by atoms with van der Waals surface area (Å²) in [4.78, 5) is 12.3. The predicted octanol–water partition coefficient (Wildman–Crippen LogP) is 3.41. The molecule has 2 atom stereocenters. The number of carbonyl (C=O) groups excluding carboxylic acids is 1. The third-order valence-corrected chi connectivity index (χ3v) is 4.82. The summed E-state index contributed by atoms with van der Waals surface area (Å²) < 4.78 is 5.52. The minimum absolute atomic E-state index is 0.138. The van der Waals surface area contributed by atoms with E-state index < -0.39 is 0 Å². The highest BCUT2D eigenvalue weighted by Crippen LogP contribution is 2.28. The van der Waals surface area contributed by atoms with Crippen molar-refractivity contribution in [2.45, 2.75) is 45.6 Å². The first-order chi connectivity index (χ1) is 12.4. The van der Waals surface area contributed by atoms with Crippen LogP contribution in [0.1, 0.15) is 39.3 Å². The molecule has 0 spiro atoms. The summed E-state index contributed by atoms with van der Waals surface area (Å²) in [5.74, 6) is 1.70. The van der Waals surface area contributed by atoms with Crippen LogP contribution in [0.5, 0.6) is 0 Å². The smallest absolute Gasteiger partial charge is 0.220 e. The highest BCUT2D eigenvalue weighted by molar-refractivity contribution is 5.77. The van der Waals surface area contributed by atoms with Crippen LogP contribution in [0.2, 0.25) is 0 Å². The fourth-order valence-corrected chi connectivity index (χ4v) is 3.61. The Bertz CT molecular complexity index is 718. The van der Waals surface area contributed by atoms with Gasteiger partial charge >= 0.3 is 0 Å². The Labute approximate surface area is 155 Å². The molecule has 2 aromatic rings. The van der Waals surface area contributed by atoms with E-state index in [9.17, 15) is 4.79 Å². The van der Waals surface area contributed by atoms with Crippen molar-refractivity contribution < 1.29 is 9.32 Å². The second kappa shape index (κ2) is 8.04. The average molecular weight is 355 g/mol. The lowest BCUT2D eigenvalue weighted by molar-refractivity contribution is -0.124. The van der Waals surface area contributed by atoms with Crippen LogP contribution in [0.4, 0.5) is 0 Å². The Balaban J connectivity index is 1.63. The van der Waals surface area contributed by atoms with E-state index in [1.165, 1.54) is 0 Å². The van der Waals surface area contributed by atoms with Gasteiger partial charge in [-0.1, -0.05) is 35.5 Å². The molecule has 0 aliphatic carbocycles. The van der Waals surface area contributed by atoms with E-state index in [0.717, 1.165) is 42.9 Å². The van der Waals surface area contributed by atoms with Crippen molar-refractivity contribution in [2.75, 3.05) is 13.1 Å². The Hall–Kier alpha value is -2.14. The first kappa shape index (κ1) is 18.6. The maximum Gasteiger partial charge on any atom is 0.220 e. The number of rotatable bonds is 5. The third-order valence-electron chi connectivity index (χ3n) is 4.82. The highest BCUT2D eigenvalue weighted by atomic mass is 16.5. The van der Waals surface area contributed by atoms with Crippen molar-refractivity contribution in [1.82, 2.24) is 15.8 Å². The zero-order chi connectivity index (χ0) is 18.6. The minimum Gasteiger partial charge on any atom is -0.356 e. The summed E-state index contributed by atoms with van der Waals surface area (Å²) >= 11 is 0. The van der Waals surface area contributed by atoms with Gasteiger partial charge in [0.25, 0.3) is 0 Å². The van der Waals surface area contributed by atoms with Gasteiger partial charge in [-0.15, -0.1) is 0 Å². The van der Waals surface area contributed by atoms with Crippen LogP contribution in [-0.4, -0.2) is 29.7 Å². The van der Waals surface area contributed by atoms with Crippen molar-refractivity contribution in [1.29, 1.82) is 0 Å². The SMILES string of the molecule is CC(C)(C)NC(=O)CC1CCNCC1Cc1cc(-c2ccccc2)on1. The van der Waals surface area contributed by atoms with Gasteiger partial charge in [-0.25, -0.2) is 0 Å². The minimum atomic E-state index is -0.184. The number of amides is 1. The molecular weight excluding hydrogens is 326 g/mol. The molecule has 0 radical (unpaired) electrons. The van der Waals surface area contributed by atoms with Crippen LogP contribution < -0.4 is 10.6 Å². The maximum atomic E-state index is 12.3. The molecule has 2 unspecified atom stereocenters. The quantitative estimate of drug-likeness (QED) is 0.862. The van der Waals surface area contributed by atoms with Gasteiger partial charge in [0.1, 0.15) is 0 Å². The predicted molar refractivity (Wildman–Crippen MR) is 103 cm³/mol. The standard InChI is InChI=1S/C21H29N3O2/c1-21(2,3)23-20(25)12-16-9-10-22-14-17(16)11-18-13-19(26-24-18)15-7-5-4-6-8-15/h4-8,13,16-17,22H,9-12,14H2,1-3H3,(H,23,25). The Morgan fingerprint density at radius 3 is 2.77 bits per heavy atom. The number of piperidine rings is 1. The largest absolute Gasteiger partial charge is 0.356 e. The lowest BCUT2D eigenvalue weighted by atomic mass is 9.81. The van der Waals surface area contributed by atoms with E-state index in [2.05, 4.69) is 15.8 Å². The number of aromatic nitrogens is 1. The van der Waals surface area contributed by atoms with E-state index in [1.54, 1.807) is 0 Å². The molecule has 140 valence electrons. The van der Waals surface area contributed by atoms with Crippen LogP contribution >= 0.6 is 0 Å². The highest BCUT2D eigenvalue weighted by Gasteiger charge is 2.29. The molecule has 1 aromatic heterocycles. The van der Waals surface area contributed by atoms with Crippen molar-refractivity contribution in [3.63, 3.8) is 0 Å². The lowest BCUT2D eigenvalue weighted by Gasteiger charge is -2.32. The number of hydrogen-bond acceptors (Lipinski definition) is 4. The molecule has 2 N–H and O–H groups in total. The molecule has 1 saturated heterocycles. The Morgan fingerprint density at radius 2 is 2.04 bits per heavy atom. The third kappa shape index (κ3) is 5.18.